The van der Waals surface area contributed by atoms with Gasteiger partial charge in [-0.1, -0.05) is 12.1 Å². The van der Waals surface area contributed by atoms with Gasteiger partial charge in [0.1, 0.15) is 17.7 Å². The van der Waals surface area contributed by atoms with Crippen molar-refractivity contribution in [1.29, 1.82) is 0 Å². The molecule has 2 N–H and O–H groups in total. The molecule has 0 bridgehead atoms. The summed E-state index contributed by atoms with van der Waals surface area (Å²) in [7, 11) is 3.66. The average molecular weight is 431 g/mol. The van der Waals surface area contributed by atoms with Crippen LogP contribution in [0.5, 0.6) is 5.75 Å². The molecule has 1 aliphatic rings. The number of aryl methyl sites for hydroxylation is 2. The fraction of sp³-hybridized carbons (Fsp3) is 0.591. The van der Waals surface area contributed by atoms with Crippen molar-refractivity contribution in [1.82, 2.24) is 25.4 Å². The minimum absolute atomic E-state index is 0.105. The molecule has 1 aromatic carbocycles. The topological polar surface area (TPSA) is 94.8 Å². The molecule has 1 atom stereocenters. The molecule has 0 radical (unpaired) electrons. The van der Waals surface area contributed by atoms with Crippen LogP contribution in [0.15, 0.2) is 23.2 Å². The van der Waals surface area contributed by atoms with Gasteiger partial charge in [-0.3, -0.25) is 0 Å². The minimum atomic E-state index is 0.105. The molecule has 0 spiro atoms. The monoisotopic (exact) mass is 430 g/mol. The van der Waals surface area contributed by atoms with Gasteiger partial charge in [0.05, 0.1) is 26.3 Å². The third-order valence-electron chi connectivity index (χ3n) is 5.23. The second kappa shape index (κ2) is 11.7. The maximum absolute atomic E-state index is 6.21. The van der Waals surface area contributed by atoms with Crippen molar-refractivity contribution >= 4 is 5.96 Å². The Hall–Kier alpha value is -2.65. The highest BCUT2D eigenvalue weighted by molar-refractivity contribution is 5.79. The molecule has 1 aromatic heterocycles. The van der Waals surface area contributed by atoms with Gasteiger partial charge in [0.2, 0.25) is 0 Å². The van der Waals surface area contributed by atoms with Crippen LogP contribution >= 0.6 is 0 Å². The molecule has 1 fully saturated rings. The first-order valence-electron chi connectivity index (χ1n) is 10.8. The van der Waals surface area contributed by atoms with Gasteiger partial charge in [0.25, 0.3) is 0 Å². The normalized spacial score (nSPS) is 16.5. The van der Waals surface area contributed by atoms with E-state index in [1.165, 1.54) is 0 Å². The predicted molar refractivity (Wildman–Crippen MR) is 119 cm³/mol. The Morgan fingerprint density at radius 1 is 1.29 bits per heavy atom. The van der Waals surface area contributed by atoms with Gasteiger partial charge in [-0.25, -0.2) is 4.99 Å². The zero-order valence-electron chi connectivity index (χ0n) is 19.0. The zero-order valence-corrected chi connectivity index (χ0v) is 19.0. The number of ether oxygens (including phenoxy) is 3. The second-order valence-corrected chi connectivity index (χ2v) is 7.73. The van der Waals surface area contributed by atoms with Gasteiger partial charge >= 0.3 is 0 Å². The van der Waals surface area contributed by atoms with Gasteiger partial charge in [-0.15, -0.1) is 10.2 Å². The molecule has 31 heavy (non-hydrogen) atoms. The summed E-state index contributed by atoms with van der Waals surface area (Å²) in [4.78, 5) is 4.79. The molecule has 1 unspecified atom stereocenters. The molecular formula is C22H34N6O3. The fourth-order valence-electron chi connectivity index (χ4n) is 3.22. The van der Waals surface area contributed by atoms with E-state index in [1.807, 2.05) is 18.5 Å². The number of benzene rings is 1. The molecule has 170 valence electrons. The van der Waals surface area contributed by atoms with Crippen LogP contribution in [0.1, 0.15) is 35.6 Å². The van der Waals surface area contributed by atoms with Crippen LogP contribution in [0.2, 0.25) is 0 Å². The summed E-state index contributed by atoms with van der Waals surface area (Å²) in [5.41, 5.74) is 2.21. The molecule has 2 aromatic rings. The largest absolute Gasteiger partial charge is 0.488 e. The quantitative estimate of drug-likeness (QED) is 0.338. The zero-order chi connectivity index (χ0) is 22.1. The number of hydrogen-bond donors (Lipinski definition) is 2. The lowest BCUT2D eigenvalue weighted by molar-refractivity contribution is 0.140. The first-order chi connectivity index (χ1) is 15.1. The van der Waals surface area contributed by atoms with Crippen molar-refractivity contribution in [3.05, 3.63) is 41.0 Å². The smallest absolute Gasteiger partial charge is 0.191 e. The van der Waals surface area contributed by atoms with Crippen molar-refractivity contribution in [2.75, 3.05) is 33.5 Å². The second-order valence-electron chi connectivity index (χ2n) is 7.73. The van der Waals surface area contributed by atoms with Crippen LogP contribution in [0, 0.1) is 13.8 Å². The van der Waals surface area contributed by atoms with Crippen molar-refractivity contribution in [2.45, 2.75) is 45.9 Å². The first kappa shape index (κ1) is 23.0. The van der Waals surface area contributed by atoms with Gasteiger partial charge in [0.15, 0.2) is 11.8 Å². The van der Waals surface area contributed by atoms with Gasteiger partial charge in [-0.05, 0) is 31.9 Å². The summed E-state index contributed by atoms with van der Waals surface area (Å²) >= 11 is 0. The van der Waals surface area contributed by atoms with E-state index in [0.29, 0.717) is 32.3 Å². The predicted octanol–water partition coefficient (Wildman–Crippen LogP) is 1.87. The van der Waals surface area contributed by atoms with Crippen LogP contribution < -0.4 is 15.4 Å². The number of methoxy groups -OCH3 is 1. The summed E-state index contributed by atoms with van der Waals surface area (Å²) in [5.74, 6) is 3.32. The van der Waals surface area contributed by atoms with Crippen molar-refractivity contribution in [2.24, 2.45) is 12.0 Å². The highest BCUT2D eigenvalue weighted by Crippen LogP contribution is 2.24. The lowest BCUT2D eigenvalue weighted by Crippen LogP contribution is -2.38. The van der Waals surface area contributed by atoms with E-state index in [-0.39, 0.29) is 6.10 Å². The SMILES string of the molecule is COCCCNC(=NCc1ccc(C)cc1OC1CCOC1)NCc1nnc(C)n1C. The van der Waals surface area contributed by atoms with E-state index in [2.05, 4.69) is 46.0 Å². The van der Waals surface area contributed by atoms with E-state index in [1.54, 1.807) is 7.11 Å². The van der Waals surface area contributed by atoms with Crippen molar-refractivity contribution in [3.8, 4) is 5.75 Å². The summed E-state index contributed by atoms with van der Waals surface area (Å²) in [6, 6.07) is 6.24. The van der Waals surface area contributed by atoms with E-state index >= 15 is 0 Å². The summed E-state index contributed by atoms with van der Waals surface area (Å²) in [6.07, 6.45) is 1.91. The molecule has 3 rings (SSSR count). The van der Waals surface area contributed by atoms with Crippen LogP contribution in [0.25, 0.3) is 0 Å². The standard InChI is InChI=1S/C22H34N6O3/c1-16-6-7-18(20(12-16)31-19-8-11-30-15-19)13-24-22(23-9-5-10-29-4)25-14-21-27-26-17(2)28(21)3/h6-7,12,19H,5,8-11,13-15H2,1-4H3,(H2,23,24,25). The summed E-state index contributed by atoms with van der Waals surface area (Å²) in [6.45, 7) is 7.88. The van der Waals surface area contributed by atoms with E-state index in [0.717, 1.165) is 54.5 Å². The number of aromatic nitrogens is 3. The fourth-order valence-corrected chi connectivity index (χ4v) is 3.22. The Morgan fingerprint density at radius 2 is 2.16 bits per heavy atom. The Labute approximate surface area is 184 Å². The number of aliphatic imine (C=N–C) groups is 1. The maximum Gasteiger partial charge on any atom is 0.191 e. The number of nitrogens with one attached hydrogen (secondary N) is 2. The minimum Gasteiger partial charge on any atom is -0.488 e. The van der Waals surface area contributed by atoms with Crippen molar-refractivity contribution in [3.63, 3.8) is 0 Å². The molecule has 0 aliphatic carbocycles. The van der Waals surface area contributed by atoms with Crippen molar-refractivity contribution < 1.29 is 14.2 Å². The number of rotatable bonds is 10. The molecule has 1 aliphatic heterocycles. The van der Waals surface area contributed by atoms with Crippen LogP contribution in [-0.4, -0.2) is 60.3 Å². The van der Waals surface area contributed by atoms with E-state index in [9.17, 15) is 0 Å². The van der Waals surface area contributed by atoms with Crippen LogP contribution in [0.4, 0.5) is 0 Å². The molecule has 9 nitrogen and oxygen atoms in total. The Balaban J connectivity index is 1.68. The van der Waals surface area contributed by atoms with Crippen LogP contribution in [0.3, 0.4) is 0 Å². The maximum atomic E-state index is 6.21. The Bertz CT molecular complexity index is 861. The highest BCUT2D eigenvalue weighted by Gasteiger charge is 2.18. The molecule has 2 heterocycles. The lowest BCUT2D eigenvalue weighted by Gasteiger charge is -2.16. The average Bonchev–Trinajstić information content (AvgIpc) is 3.38. The summed E-state index contributed by atoms with van der Waals surface area (Å²) < 4.78 is 18.8. The van der Waals surface area contributed by atoms with E-state index < -0.39 is 0 Å². The van der Waals surface area contributed by atoms with Crippen LogP contribution in [-0.2, 0) is 29.6 Å². The van der Waals surface area contributed by atoms with E-state index in [4.69, 9.17) is 19.2 Å². The molecule has 9 heteroatoms. The Kier molecular flexibility index (Phi) is 8.66. The third kappa shape index (κ3) is 6.93. The molecule has 0 saturated carbocycles. The Morgan fingerprint density at radius 3 is 2.87 bits per heavy atom. The first-order valence-corrected chi connectivity index (χ1v) is 10.8. The lowest BCUT2D eigenvalue weighted by atomic mass is 10.1. The van der Waals surface area contributed by atoms with Gasteiger partial charge in [-0.2, -0.15) is 0 Å². The van der Waals surface area contributed by atoms with Gasteiger partial charge < -0.3 is 29.4 Å². The third-order valence-corrected chi connectivity index (χ3v) is 5.23. The molecular weight excluding hydrogens is 396 g/mol. The molecule has 1 saturated heterocycles. The van der Waals surface area contributed by atoms with Gasteiger partial charge in [0, 0.05) is 39.3 Å². The number of nitrogens with zero attached hydrogens (tertiary/aromatic N) is 4. The molecule has 0 amide bonds. The highest BCUT2D eigenvalue weighted by atomic mass is 16.5. The summed E-state index contributed by atoms with van der Waals surface area (Å²) in [5, 5.41) is 15.0. The number of hydrogen-bond acceptors (Lipinski definition) is 6. The number of guanidine groups is 1.